The van der Waals surface area contributed by atoms with E-state index in [0.29, 0.717) is 5.02 Å². The van der Waals surface area contributed by atoms with Crippen molar-refractivity contribution >= 4 is 17.6 Å². The quantitative estimate of drug-likeness (QED) is 0.853. The summed E-state index contributed by atoms with van der Waals surface area (Å²) in [7, 11) is 0. The van der Waals surface area contributed by atoms with Crippen LogP contribution < -0.4 is 5.32 Å². The maximum atomic E-state index is 12.4. The second-order valence-corrected chi connectivity index (χ2v) is 7.29. The van der Waals surface area contributed by atoms with Gasteiger partial charge in [-0.25, -0.2) is 4.79 Å². The Hall–Kier alpha value is -1.06. The highest BCUT2D eigenvalue weighted by Crippen LogP contribution is 2.27. The molecule has 0 heterocycles. The molecule has 1 N–H and O–H groups in total. The molecule has 1 atom stereocenters. The summed E-state index contributed by atoms with van der Waals surface area (Å²) >= 11 is 6.22. The monoisotopic (exact) mass is 297 g/mol. The van der Waals surface area contributed by atoms with E-state index in [1.165, 1.54) is 0 Å². The third-order valence-electron chi connectivity index (χ3n) is 2.44. The van der Waals surface area contributed by atoms with Gasteiger partial charge < -0.3 is 4.74 Å². The van der Waals surface area contributed by atoms with Crippen molar-refractivity contribution < 1.29 is 9.53 Å². The predicted molar refractivity (Wildman–Crippen MR) is 82.9 cm³/mol. The van der Waals surface area contributed by atoms with E-state index in [-0.39, 0.29) is 11.5 Å². The first-order valence-electron chi connectivity index (χ1n) is 6.74. The van der Waals surface area contributed by atoms with Gasteiger partial charge in [-0.05, 0) is 53.2 Å². The molecule has 0 fully saturated rings. The van der Waals surface area contributed by atoms with Crippen LogP contribution in [0.5, 0.6) is 0 Å². The minimum absolute atomic E-state index is 0.235. The van der Waals surface area contributed by atoms with E-state index in [4.69, 9.17) is 16.3 Å². The Bertz CT molecular complexity index is 472. The summed E-state index contributed by atoms with van der Waals surface area (Å²) < 4.78 is 5.50. The summed E-state index contributed by atoms with van der Waals surface area (Å²) in [5.41, 5.74) is -0.0324. The number of benzene rings is 1. The molecule has 112 valence electrons. The van der Waals surface area contributed by atoms with Crippen molar-refractivity contribution in [2.75, 3.05) is 0 Å². The van der Waals surface area contributed by atoms with E-state index < -0.39 is 11.6 Å². The average Bonchev–Trinajstić information content (AvgIpc) is 2.23. The zero-order chi connectivity index (χ0) is 15.6. The van der Waals surface area contributed by atoms with Crippen LogP contribution in [0.3, 0.4) is 0 Å². The van der Waals surface area contributed by atoms with Gasteiger partial charge in [-0.2, -0.15) is 0 Å². The Morgan fingerprint density at radius 1 is 1.15 bits per heavy atom. The summed E-state index contributed by atoms with van der Waals surface area (Å²) in [4.78, 5) is 12.4. The van der Waals surface area contributed by atoms with Gasteiger partial charge in [0.05, 0.1) is 0 Å². The summed E-state index contributed by atoms with van der Waals surface area (Å²) in [5.74, 6) is -0.319. The van der Waals surface area contributed by atoms with Crippen LogP contribution in [-0.4, -0.2) is 17.1 Å². The molecule has 0 amide bonds. The Kier molecular flexibility index (Phi) is 5.22. The number of ether oxygens (including phenoxy) is 1. The van der Waals surface area contributed by atoms with E-state index in [2.05, 4.69) is 5.32 Å². The molecular weight excluding hydrogens is 274 g/mol. The lowest BCUT2D eigenvalue weighted by Crippen LogP contribution is -2.44. The van der Waals surface area contributed by atoms with Gasteiger partial charge in [-0.1, -0.05) is 29.8 Å². The lowest BCUT2D eigenvalue weighted by atomic mass is 10.0. The molecule has 0 aliphatic carbocycles. The summed E-state index contributed by atoms with van der Waals surface area (Å²) in [6.07, 6.45) is 0. The second kappa shape index (κ2) is 6.15. The van der Waals surface area contributed by atoms with Crippen molar-refractivity contribution in [3.8, 4) is 0 Å². The van der Waals surface area contributed by atoms with Gasteiger partial charge >= 0.3 is 5.97 Å². The second-order valence-electron chi connectivity index (χ2n) is 6.88. The molecule has 1 aromatic carbocycles. The van der Waals surface area contributed by atoms with Crippen molar-refractivity contribution in [1.29, 1.82) is 0 Å². The molecule has 3 nitrogen and oxygen atoms in total. The zero-order valence-corrected chi connectivity index (χ0v) is 13.8. The number of hydrogen-bond acceptors (Lipinski definition) is 3. The molecule has 0 saturated carbocycles. The lowest BCUT2D eigenvalue weighted by molar-refractivity contribution is -0.158. The first-order valence-corrected chi connectivity index (χ1v) is 7.12. The Balaban J connectivity index is 3.10. The van der Waals surface area contributed by atoms with Gasteiger partial charge in [0.15, 0.2) is 0 Å². The Morgan fingerprint density at radius 2 is 1.70 bits per heavy atom. The van der Waals surface area contributed by atoms with E-state index in [9.17, 15) is 4.79 Å². The normalized spacial score (nSPS) is 13.9. The molecule has 1 rings (SSSR count). The van der Waals surface area contributed by atoms with Gasteiger partial charge in [0.25, 0.3) is 0 Å². The Labute approximate surface area is 126 Å². The molecule has 0 spiro atoms. The molecule has 0 bridgehead atoms. The van der Waals surface area contributed by atoms with E-state index in [0.717, 1.165) is 5.56 Å². The number of carbonyl (C=O) groups excluding carboxylic acids is 1. The van der Waals surface area contributed by atoms with Crippen LogP contribution in [0, 0.1) is 0 Å². The molecular formula is C16H24ClNO2. The van der Waals surface area contributed by atoms with Crippen molar-refractivity contribution in [2.24, 2.45) is 0 Å². The fraction of sp³-hybridized carbons (Fsp3) is 0.562. The highest BCUT2D eigenvalue weighted by Gasteiger charge is 2.30. The van der Waals surface area contributed by atoms with Crippen LogP contribution in [0.1, 0.15) is 53.1 Å². The maximum absolute atomic E-state index is 12.4. The highest BCUT2D eigenvalue weighted by molar-refractivity contribution is 6.31. The van der Waals surface area contributed by atoms with Gasteiger partial charge in [0.2, 0.25) is 0 Å². The molecule has 1 aromatic rings. The van der Waals surface area contributed by atoms with Gasteiger partial charge in [-0.3, -0.25) is 5.32 Å². The predicted octanol–water partition coefficient (Wildman–Crippen LogP) is 4.11. The topological polar surface area (TPSA) is 38.3 Å². The zero-order valence-electron chi connectivity index (χ0n) is 13.1. The van der Waals surface area contributed by atoms with Crippen LogP contribution >= 0.6 is 11.6 Å². The smallest absolute Gasteiger partial charge is 0.328 e. The van der Waals surface area contributed by atoms with Gasteiger partial charge in [0, 0.05) is 10.6 Å². The van der Waals surface area contributed by atoms with Crippen molar-refractivity contribution in [1.82, 2.24) is 5.32 Å². The van der Waals surface area contributed by atoms with Crippen LogP contribution in [0.2, 0.25) is 5.02 Å². The Morgan fingerprint density at radius 3 is 2.15 bits per heavy atom. The number of hydrogen-bond donors (Lipinski definition) is 1. The van der Waals surface area contributed by atoms with Crippen molar-refractivity contribution in [2.45, 2.75) is 58.7 Å². The molecule has 0 unspecified atom stereocenters. The summed E-state index contributed by atoms with van der Waals surface area (Å²) in [6, 6.07) is 6.75. The van der Waals surface area contributed by atoms with Crippen LogP contribution in [0.25, 0.3) is 0 Å². The number of nitrogens with one attached hydrogen (secondary N) is 1. The van der Waals surface area contributed by atoms with Gasteiger partial charge in [-0.15, -0.1) is 0 Å². The fourth-order valence-corrected chi connectivity index (χ4v) is 2.01. The highest BCUT2D eigenvalue weighted by atomic mass is 35.5. The molecule has 0 aromatic heterocycles. The molecule has 0 radical (unpaired) electrons. The molecule has 0 aliphatic heterocycles. The molecule has 0 saturated heterocycles. The van der Waals surface area contributed by atoms with Crippen molar-refractivity contribution in [3.63, 3.8) is 0 Å². The van der Waals surface area contributed by atoms with Crippen molar-refractivity contribution in [3.05, 3.63) is 34.9 Å². The average molecular weight is 298 g/mol. The van der Waals surface area contributed by atoms with Crippen LogP contribution in [0.4, 0.5) is 0 Å². The number of esters is 1. The minimum atomic E-state index is -0.581. The van der Waals surface area contributed by atoms with E-state index in [1.54, 1.807) is 6.07 Å². The number of rotatable bonds is 3. The fourth-order valence-electron chi connectivity index (χ4n) is 1.77. The molecule has 0 aliphatic rings. The van der Waals surface area contributed by atoms with Crippen LogP contribution in [0.15, 0.2) is 24.3 Å². The first kappa shape index (κ1) is 17.0. The largest absolute Gasteiger partial charge is 0.459 e. The maximum Gasteiger partial charge on any atom is 0.328 e. The summed E-state index contributed by atoms with van der Waals surface area (Å²) in [5, 5.41) is 3.83. The van der Waals surface area contributed by atoms with E-state index in [1.807, 2.05) is 59.7 Å². The molecule has 20 heavy (non-hydrogen) atoms. The summed E-state index contributed by atoms with van der Waals surface area (Å²) in [6.45, 7) is 11.6. The third-order valence-corrected chi connectivity index (χ3v) is 2.78. The first-order chi connectivity index (χ1) is 8.99. The third kappa shape index (κ3) is 5.51. The SMILES string of the molecule is CC(C)(C)N[C@@H](C(=O)OC(C)(C)C)c1ccccc1Cl. The van der Waals surface area contributed by atoms with Gasteiger partial charge in [0.1, 0.15) is 11.6 Å². The standard InChI is InChI=1S/C16H24ClNO2/c1-15(2,3)18-13(14(19)20-16(4,5)6)11-9-7-8-10-12(11)17/h7-10,13,18H,1-6H3/t13-/m1/s1. The van der Waals surface area contributed by atoms with E-state index >= 15 is 0 Å². The minimum Gasteiger partial charge on any atom is -0.459 e. The number of carbonyl (C=O) groups is 1. The lowest BCUT2D eigenvalue weighted by Gasteiger charge is -2.30. The number of halogens is 1. The molecule has 4 heteroatoms. The van der Waals surface area contributed by atoms with Crippen LogP contribution in [-0.2, 0) is 9.53 Å².